The molecule has 0 unspecified atom stereocenters. The van der Waals surface area contributed by atoms with Gasteiger partial charge in [-0.25, -0.2) is 4.79 Å². The second-order valence-electron chi connectivity index (χ2n) is 6.84. The molecule has 2 fully saturated rings. The van der Waals surface area contributed by atoms with Crippen molar-refractivity contribution >= 4 is 6.03 Å². The van der Waals surface area contributed by atoms with Gasteiger partial charge in [-0.15, -0.1) is 0 Å². The fraction of sp³-hybridized carbons (Fsp3) is 0.667. The van der Waals surface area contributed by atoms with Gasteiger partial charge < -0.3 is 15.0 Å². The zero-order chi connectivity index (χ0) is 16.4. The van der Waals surface area contributed by atoms with Crippen LogP contribution < -0.4 is 5.32 Å². The Balaban J connectivity index is 1.59. The van der Waals surface area contributed by atoms with Crippen LogP contribution in [0.5, 0.6) is 0 Å². The summed E-state index contributed by atoms with van der Waals surface area (Å²) in [5.74, 6) is 0. The SMILES string of the molecule is CCO[C@@H]1C[C@@H](NC(=O)N(C)[C@@H](C)c2cccnc2)C12CCC2. The highest BCUT2D eigenvalue weighted by Gasteiger charge is 2.59. The van der Waals surface area contributed by atoms with Crippen LogP contribution in [0.15, 0.2) is 24.5 Å². The number of hydrogen-bond acceptors (Lipinski definition) is 3. The van der Waals surface area contributed by atoms with Gasteiger partial charge in [-0.2, -0.15) is 0 Å². The fourth-order valence-electron chi connectivity index (χ4n) is 3.91. The van der Waals surface area contributed by atoms with Crippen molar-refractivity contribution in [1.29, 1.82) is 0 Å². The van der Waals surface area contributed by atoms with Crippen molar-refractivity contribution in [2.24, 2.45) is 5.41 Å². The molecule has 2 amide bonds. The normalized spacial score (nSPS) is 26.0. The van der Waals surface area contributed by atoms with Crippen LogP contribution in [0.2, 0.25) is 0 Å². The van der Waals surface area contributed by atoms with Gasteiger partial charge in [-0.1, -0.05) is 12.5 Å². The first-order valence-corrected chi connectivity index (χ1v) is 8.63. The van der Waals surface area contributed by atoms with Gasteiger partial charge in [0.05, 0.1) is 12.1 Å². The smallest absolute Gasteiger partial charge is 0.317 e. The third-order valence-corrected chi connectivity index (χ3v) is 5.80. The van der Waals surface area contributed by atoms with E-state index >= 15 is 0 Å². The first-order valence-electron chi connectivity index (χ1n) is 8.63. The largest absolute Gasteiger partial charge is 0.378 e. The Morgan fingerprint density at radius 2 is 2.35 bits per heavy atom. The number of pyridine rings is 1. The Morgan fingerprint density at radius 1 is 1.57 bits per heavy atom. The van der Waals surface area contributed by atoms with Crippen LogP contribution in [0.1, 0.15) is 51.1 Å². The summed E-state index contributed by atoms with van der Waals surface area (Å²) < 4.78 is 5.85. The molecule has 2 aliphatic rings. The Labute approximate surface area is 138 Å². The maximum atomic E-state index is 12.6. The summed E-state index contributed by atoms with van der Waals surface area (Å²) >= 11 is 0. The number of carbonyl (C=O) groups is 1. The molecule has 3 rings (SSSR count). The van der Waals surface area contributed by atoms with Crippen molar-refractivity contribution in [3.05, 3.63) is 30.1 Å². The van der Waals surface area contributed by atoms with Gasteiger partial charge in [-0.3, -0.25) is 4.98 Å². The number of nitrogens with zero attached hydrogens (tertiary/aromatic N) is 2. The molecule has 2 saturated carbocycles. The highest BCUT2D eigenvalue weighted by atomic mass is 16.5. The van der Waals surface area contributed by atoms with E-state index in [0.29, 0.717) is 6.10 Å². The van der Waals surface area contributed by atoms with Crippen molar-refractivity contribution < 1.29 is 9.53 Å². The molecule has 0 bridgehead atoms. The summed E-state index contributed by atoms with van der Waals surface area (Å²) in [6, 6.07) is 4.16. The van der Waals surface area contributed by atoms with Crippen LogP contribution in [0.4, 0.5) is 4.79 Å². The molecule has 5 nitrogen and oxygen atoms in total. The molecule has 0 saturated heterocycles. The van der Waals surface area contributed by atoms with Crippen molar-refractivity contribution in [2.75, 3.05) is 13.7 Å². The molecule has 1 heterocycles. The summed E-state index contributed by atoms with van der Waals surface area (Å²) in [6.07, 6.45) is 8.42. The minimum absolute atomic E-state index is 0.00352. The predicted molar refractivity (Wildman–Crippen MR) is 89.0 cm³/mol. The minimum Gasteiger partial charge on any atom is -0.378 e. The second kappa shape index (κ2) is 6.48. The lowest BCUT2D eigenvalue weighted by atomic mass is 9.51. The maximum absolute atomic E-state index is 12.6. The zero-order valence-electron chi connectivity index (χ0n) is 14.3. The van der Waals surface area contributed by atoms with Crippen molar-refractivity contribution in [1.82, 2.24) is 15.2 Å². The molecule has 1 aromatic heterocycles. The minimum atomic E-state index is -0.00687. The Bertz CT molecular complexity index is 544. The molecule has 3 atom stereocenters. The first kappa shape index (κ1) is 16.2. The van der Waals surface area contributed by atoms with E-state index in [0.717, 1.165) is 18.6 Å². The van der Waals surface area contributed by atoms with Crippen LogP contribution >= 0.6 is 0 Å². The lowest BCUT2D eigenvalue weighted by Gasteiger charge is -2.61. The number of hydrogen-bond donors (Lipinski definition) is 1. The number of carbonyl (C=O) groups excluding carboxylic acids is 1. The van der Waals surface area contributed by atoms with E-state index in [9.17, 15) is 4.79 Å². The predicted octanol–water partition coefficient (Wildman–Crippen LogP) is 3.13. The first-order chi connectivity index (χ1) is 11.1. The molecule has 23 heavy (non-hydrogen) atoms. The van der Waals surface area contributed by atoms with Crippen LogP contribution in [0.25, 0.3) is 0 Å². The van der Waals surface area contributed by atoms with Gasteiger partial charge in [0, 0.05) is 37.5 Å². The lowest BCUT2D eigenvalue weighted by molar-refractivity contribution is -0.169. The third-order valence-electron chi connectivity index (χ3n) is 5.80. The molecule has 5 heteroatoms. The van der Waals surface area contributed by atoms with E-state index in [2.05, 4.69) is 10.3 Å². The second-order valence-corrected chi connectivity index (χ2v) is 6.84. The van der Waals surface area contributed by atoms with E-state index in [1.807, 2.05) is 39.2 Å². The highest BCUT2D eigenvalue weighted by Crippen LogP contribution is 2.57. The van der Waals surface area contributed by atoms with Crippen molar-refractivity contribution in [3.63, 3.8) is 0 Å². The third kappa shape index (κ3) is 2.82. The Hall–Kier alpha value is -1.62. The van der Waals surface area contributed by atoms with Gasteiger partial charge in [-0.05, 0) is 44.7 Å². The van der Waals surface area contributed by atoms with Gasteiger partial charge in [0.15, 0.2) is 0 Å². The molecular weight excluding hydrogens is 290 g/mol. The number of ether oxygens (including phenoxy) is 1. The average molecular weight is 317 g/mol. The fourth-order valence-corrected chi connectivity index (χ4v) is 3.91. The number of aromatic nitrogens is 1. The van der Waals surface area contributed by atoms with Crippen LogP contribution in [-0.4, -0.2) is 41.7 Å². The number of urea groups is 1. The van der Waals surface area contributed by atoms with Gasteiger partial charge in [0.1, 0.15) is 0 Å². The summed E-state index contributed by atoms with van der Waals surface area (Å²) in [5.41, 5.74) is 1.24. The quantitative estimate of drug-likeness (QED) is 0.908. The van der Waals surface area contributed by atoms with E-state index in [4.69, 9.17) is 4.74 Å². The molecular formula is C18H27N3O2. The summed E-state index contributed by atoms with van der Waals surface area (Å²) in [5, 5.41) is 3.23. The zero-order valence-corrected chi connectivity index (χ0v) is 14.3. The van der Waals surface area contributed by atoms with Crippen molar-refractivity contribution in [2.45, 2.75) is 57.7 Å². The van der Waals surface area contributed by atoms with E-state index in [-0.39, 0.29) is 23.5 Å². The summed E-state index contributed by atoms with van der Waals surface area (Å²) in [4.78, 5) is 18.5. The molecule has 0 aliphatic heterocycles. The molecule has 0 aromatic carbocycles. The Kier molecular flexibility index (Phi) is 4.57. The van der Waals surface area contributed by atoms with E-state index in [1.165, 1.54) is 19.3 Å². The highest BCUT2D eigenvalue weighted by molar-refractivity contribution is 5.75. The maximum Gasteiger partial charge on any atom is 0.317 e. The molecule has 0 radical (unpaired) electrons. The van der Waals surface area contributed by atoms with Crippen LogP contribution in [0.3, 0.4) is 0 Å². The summed E-state index contributed by atoms with van der Waals surface area (Å²) in [7, 11) is 1.85. The number of amides is 2. The molecule has 1 N–H and O–H groups in total. The lowest BCUT2D eigenvalue weighted by Crippen LogP contribution is -2.68. The van der Waals surface area contributed by atoms with Crippen LogP contribution in [0, 0.1) is 5.41 Å². The summed E-state index contributed by atoms with van der Waals surface area (Å²) in [6.45, 7) is 4.83. The average Bonchev–Trinajstić information content (AvgIpc) is 2.51. The topological polar surface area (TPSA) is 54.5 Å². The molecule has 1 aromatic rings. The number of rotatable bonds is 5. The van der Waals surface area contributed by atoms with Crippen LogP contribution in [-0.2, 0) is 4.74 Å². The number of nitrogens with one attached hydrogen (secondary N) is 1. The van der Waals surface area contributed by atoms with E-state index in [1.54, 1.807) is 11.1 Å². The standard InChI is InChI=1S/C18H27N3O2/c1-4-23-16-11-15(18(16)8-6-9-18)20-17(22)21(3)13(2)14-7-5-10-19-12-14/h5,7,10,12-13,15-16H,4,6,8-9,11H2,1-3H3,(H,20,22)/t13-,15+,16+/m0/s1. The van der Waals surface area contributed by atoms with Gasteiger partial charge in [0.25, 0.3) is 0 Å². The van der Waals surface area contributed by atoms with Gasteiger partial charge >= 0.3 is 6.03 Å². The molecule has 2 aliphatic carbocycles. The molecule has 1 spiro atoms. The molecule has 126 valence electrons. The van der Waals surface area contributed by atoms with E-state index < -0.39 is 0 Å². The van der Waals surface area contributed by atoms with Crippen molar-refractivity contribution in [3.8, 4) is 0 Å². The monoisotopic (exact) mass is 317 g/mol. The van der Waals surface area contributed by atoms with Gasteiger partial charge in [0.2, 0.25) is 0 Å². The Morgan fingerprint density at radius 3 is 2.91 bits per heavy atom.